The number of ether oxygens (including phenoxy) is 1. The molecule has 2 amide bonds. The number of amides is 2. The molecule has 0 aliphatic rings. The fraction of sp³-hybridized carbons (Fsp3) is 0.333. The molecule has 0 aromatic heterocycles. The second-order valence-electron chi connectivity index (χ2n) is 6.91. The third-order valence-electron chi connectivity index (χ3n) is 3.69. The highest BCUT2D eigenvalue weighted by atomic mass is 16.5. The van der Waals surface area contributed by atoms with Gasteiger partial charge in [-0.15, -0.1) is 0 Å². The van der Waals surface area contributed by atoms with Gasteiger partial charge in [0.25, 0.3) is 5.91 Å². The van der Waals surface area contributed by atoms with Crippen LogP contribution in [0.3, 0.4) is 0 Å². The van der Waals surface area contributed by atoms with Crippen LogP contribution in [0.1, 0.15) is 24.2 Å². The fourth-order valence-corrected chi connectivity index (χ4v) is 2.31. The molecule has 6 nitrogen and oxygen atoms in total. The molecule has 6 heteroatoms. The number of benzene rings is 2. The van der Waals surface area contributed by atoms with Crippen molar-refractivity contribution in [2.75, 3.05) is 37.9 Å². The van der Waals surface area contributed by atoms with Crippen LogP contribution in [0.2, 0.25) is 0 Å². The Morgan fingerprint density at radius 1 is 1.04 bits per heavy atom. The minimum Gasteiger partial charge on any atom is -0.493 e. The van der Waals surface area contributed by atoms with E-state index >= 15 is 0 Å². The van der Waals surface area contributed by atoms with Crippen molar-refractivity contribution < 1.29 is 14.3 Å². The molecule has 2 rings (SSSR count). The van der Waals surface area contributed by atoms with Gasteiger partial charge in [0.2, 0.25) is 5.91 Å². The fourth-order valence-electron chi connectivity index (χ4n) is 2.31. The highest BCUT2D eigenvalue weighted by Gasteiger charge is 2.09. The molecule has 0 heterocycles. The van der Waals surface area contributed by atoms with Crippen molar-refractivity contribution in [3.05, 3.63) is 54.1 Å². The number of carbonyl (C=O) groups excluding carboxylic acids is 2. The summed E-state index contributed by atoms with van der Waals surface area (Å²) in [6, 6.07) is 14.4. The van der Waals surface area contributed by atoms with Gasteiger partial charge in [0.1, 0.15) is 5.75 Å². The first-order chi connectivity index (χ1) is 12.8. The number of anilines is 2. The van der Waals surface area contributed by atoms with Gasteiger partial charge >= 0.3 is 0 Å². The van der Waals surface area contributed by atoms with E-state index in [1.54, 1.807) is 32.3 Å². The SMILES string of the molecule is CC(C)COc1ccc(NC(=O)CNc2cccc(C(=O)N(C)C)c2)cc1. The smallest absolute Gasteiger partial charge is 0.253 e. The highest BCUT2D eigenvalue weighted by Crippen LogP contribution is 2.17. The molecular formula is C21H27N3O3. The average Bonchev–Trinajstić information content (AvgIpc) is 2.65. The second kappa shape index (κ2) is 9.62. The number of carbonyl (C=O) groups is 2. The molecule has 0 saturated carbocycles. The summed E-state index contributed by atoms with van der Waals surface area (Å²) in [7, 11) is 3.41. The molecule has 0 radical (unpaired) electrons. The molecule has 144 valence electrons. The van der Waals surface area contributed by atoms with Crippen molar-refractivity contribution >= 4 is 23.2 Å². The molecule has 0 unspecified atom stereocenters. The van der Waals surface area contributed by atoms with E-state index in [9.17, 15) is 9.59 Å². The van der Waals surface area contributed by atoms with Gasteiger partial charge in [0.05, 0.1) is 13.2 Å². The first-order valence-electron chi connectivity index (χ1n) is 8.93. The van der Waals surface area contributed by atoms with E-state index in [1.807, 2.05) is 30.3 Å². The van der Waals surface area contributed by atoms with E-state index in [4.69, 9.17) is 4.74 Å². The summed E-state index contributed by atoms with van der Waals surface area (Å²) in [6.07, 6.45) is 0. The van der Waals surface area contributed by atoms with Gasteiger partial charge in [0, 0.05) is 31.0 Å². The van der Waals surface area contributed by atoms with Crippen LogP contribution in [0, 0.1) is 5.92 Å². The summed E-state index contributed by atoms with van der Waals surface area (Å²) in [5.41, 5.74) is 1.99. The lowest BCUT2D eigenvalue weighted by Crippen LogP contribution is -2.23. The average molecular weight is 369 g/mol. The van der Waals surface area contributed by atoms with Gasteiger partial charge in [-0.2, -0.15) is 0 Å². The Labute approximate surface area is 160 Å². The minimum absolute atomic E-state index is 0.0807. The van der Waals surface area contributed by atoms with Crippen LogP contribution in [-0.2, 0) is 4.79 Å². The second-order valence-corrected chi connectivity index (χ2v) is 6.91. The lowest BCUT2D eigenvalue weighted by Gasteiger charge is -2.12. The lowest BCUT2D eigenvalue weighted by molar-refractivity contribution is -0.114. The van der Waals surface area contributed by atoms with Crippen molar-refractivity contribution in [2.24, 2.45) is 5.92 Å². The van der Waals surface area contributed by atoms with Crippen LogP contribution in [0.15, 0.2) is 48.5 Å². The largest absolute Gasteiger partial charge is 0.493 e. The van der Waals surface area contributed by atoms with E-state index in [2.05, 4.69) is 24.5 Å². The number of hydrogen-bond acceptors (Lipinski definition) is 4. The summed E-state index contributed by atoms with van der Waals surface area (Å²) < 4.78 is 5.62. The van der Waals surface area contributed by atoms with E-state index in [-0.39, 0.29) is 18.4 Å². The summed E-state index contributed by atoms with van der Waals surface area (Å²) in [6.45, 7) is 4.94. The quantitative estimate of drug-likeness (QED) is 0.747. The molecular weight excluding hydrogens is 342 g/mol. The third kappa shape index (κ3) is 6.66. The van der Waals surface area contributed by atoms with Crippen LogP contribution in [-0.4, -0.2) is 44.0 Å². The van der Waals surface area contributed by atoms with Crippen molar-refractivity contribution in [3.63, 3.8) is 0 Å². The molecule has 0 fully saturated rings. The van der Waals surface area contributed by atoms with E-state index < -0.39 is 0 Å². The zero-order valence-corrected chi connectivity index (χ0v) is 16.3. The van der Waals surface area contributed by atoms with E-state index in [1.165, 1.54) is 4.90 Å². The van der Waals surface area contributed by atoms with Gasteiger partial charge in [-0.25, -0.2) is 0 Å². The van der Waals surface area contributed by atoms with Crippen LogP contribution in [0.4, 0.5) is 11.4 Å². The number of rotatable bonds is 8. The van der Waals surface area contributed by atoms with Crippen molar-refractivity contribution in [1.29, 1.82) is 0 Å². The zero-order chi connectivity index (χ0) is 19.8. The molecule has 0 aliphatic heterocycles. The van der Waals surface area contributed by atoms with Gasteiger partial charge in [0.15, 0.2) is 0 Å². The summed E-state index contributed by atoms with van der Waals surface area (Å²) in [4.78, 5) is 25.6. The Kier molecular flexibility index (Phi) is 7.23. The minimum atomic E-state index is -0.171. The highest BCUT2D eigenvalue weighted by molar-refractivity contribution is 5.96. The monoisotopic (exact) mass is 369 g/mol. The molecule has 0 aliphatic carbocycles. The van der Waals surface area contributed by atoms with Gasteiger partial charge < -0.3 is 20.3 Å². The van der Waals surface area contributed by atoms with Crippen LogP contribution in [0.25, 0.3) is 0 Å². The van der Waals surface area contributed by atoms with Gasteiger partial charge in [-0.05, 0) is 48.4 Å². The van der Waals surface area contributed by atoms with Gasteiger partial charge in [-0.3, -0.25) is 9.59 Å². The van der Waals surface area contributed by atoms with Crippen molar-refractivity contribution in [2.45, 2.75) is 13.8 Å². The molecule has 2 aromatic rings. The Morgan fingerprint density at radius 3 is 2.37 bits per heavy atom. The number of nitrogens with one attached hydrogen (secondary N) is 2. The summed E-state index contributed by atoms with van der Waals surface area (Å²) >= 11 is 0. The maximum Gasteiger partial charge on any atom is 0.253 e. The van der Waals surface area contributed by atoms with Crippen LogP contribution < -0.4 is 15.4 Å². The van der Waals surface area contributed by atoms with Gasteiger partial charge in [-0.1, -0.05) is 19.9 Å². The van der Waals surface area contributed by atoms with Crippen molar-refractivity contribution in [1.82, 2.24) is 4.90 Å². The molecule has 0 saturated heterocycles. The maximum atomic E-state index is 12.1. The Morgan fingerprint density at radius 2 is 1.74 bits per heavy atom. The summed E-state index contributed by atoms with van der Waals surface area (Å²) in [5, 5.41) is 5.86. The molecule has 2 aromatic carbocycles. The molecule has 2 N–H and O–H groups in total. The summed E-state index contributed by atoms with van der Waals surface area (Å²) in [5.74, 6) is 0.988. The molecule has 0 spiro atoms. The Hall–Kier alpha value is -3.02. The third-order valence-corrected chi connectivity index (χ3v) is 3.69. The van der Waals surface area contributed by atoms with Crippen molar-refractivity contribution in [3.8, 4) is 5.75 Å². The van der Waals surface area contributed by atoms with Crippen LogP contribution >= 0.6 is 0 Å². The molecule has 0 bridgehead atoms. The normalized spacial score (nSPS) is 10.4. The standard InChI is InChI=1S/C21H27N3O3/c1-15(2)14-27-19-10-8-17(9-11-19)23-20(25)13-22-18-7-5-6-16(12-18)21(26)24(3)4/h5-12,15,22H,13-14H2,1-4H3,(H,23,25). The predicted molar refractivity (Wildman–Crippen MR) is 108 cm³/mol. The van der Waals surface area contributed by atoms with Crippen LogP contribution in [0.5, 0.6) is 5.75 Å². The predicted octanol–water partition coefficient (Wildman–Crippen LogP) is 3.47. The van der Waals surface area contributed by atoms with E-state index in [0.717, 1.165) is 11.4 Å². The van der Waals surface area contributed by atoms with E-state index in [0.29, 0.717) is 23.8 Å². The number of hydrogen-bond donors (Lipinski definition) is 2. The molecule has 27 heavy (non-hydrogen) atoms. The first-order valence-corrected chi connectivity index (χ1v) is 8.93. The lowest BCUT2D eigenvalue weighted by atomic mass is 10.2. The Balaban J connectivity index is 1.86. The zero-order valence-electron chi connectivity index (χ0n) is 16.3. The number of nitrogens with zero attached hydrogens (tertiary/aromatic N) is 1. The molecule has 0 atom stereocenters. The maximum absolute atomic E-state index is 12.1. The topological polar surface area (TPSA) is 70.7 Å². The first kappa shape index (κ1) is 20.3. The Bertz CT molecular complexity index is 770.